The number of benzene rings is 2. The van der Waals surface area contributed by atoms with E-state index in [2.05, 4.69) is 26.2 Å². The molecule has 46 heavy (non-hydrogen) atoms. The summed E-state index contributed by atoms with van der Waals surface area (Å²) in [4.78, 5) is 31.4. The second-order valence-electron chi connectivity index (χ2n) is 13.4. The summed E-state index contributed by atoms with van der Waals surface area (Å²) < 4.78 is 25.6. The number of halogens is 2. The van der Waals surface area contributed by atoms with E-state index in [0.717, 1.165) is 52.7 Å². The van der Waals surface area contributed by atoms with Crippen molar-refractivity contribution in [1.29, 1.82) is 0 Å². The highest BCUT2D eigenvalue weighted by atomic mass is 79.9. The fourth-order valence-electron chi connectivity index (χ4n) is 7.82. The van der Waals surface area contributed by atoms with Gasteiger partial charge in [-0.25, -0.2) is 0 Å². The molecule has 0 unspecified atom stereocenters. The van der Waals surface area contributed by atoms with Crippen molar-refractivity contribution in [2.24, 2.45) is 5.92 Å². The Kier molecular flexibility index (Phi) is 9.53. The van der Waals surface area contributed by atoms with Crippen LogP contribution in [0.3, 0.4) is 0 Å². The lowest BCUT2D eigenvalue weighted by molar-refractivity contribution is -0.146. The van der Waals surface area contributed by atoms with E-state index in [1.165, 1.54) is 0 Å². The molecule has 2 saturated heterocycles. The average molecular weight is 713 g/mol. The van der Waals surface area contributed by atoms with Gasteiger partial charge in [0, 0.05) is 65.9 Å². The van der Waals surface area contributed by atoms with E-state index < -0.39 is 31.6 Å². The SMILES string of the molecule is C[C@H]1[C@H]([Si](C)(C)F)[C@@H](CCn2cc(CCO)nn2)O[C@]12C(=O)N(Cc1cccc(N3CCCCCCC3=O)c1)c1ccc(Br)cc12. The van der Waals surface area contributed by atoms with Crippen LogP contribution in [-0.4, -0.2) is 59.6 Å². The molecule has 246 valence electrons. The van der Waals surface area contributed by atoms with Crippen molar-refractivity contribution >= 4 is 47.5 Å². The van der Waals surface area contributed by atoms with Crippen molar-refractivity contribution in [2.75, 3.05) is 23.0 Å². The average Bonchev–Trinajstić information content (AvgIpc) is 3.64. The van der Waals surface area contributed by atoms with Crippen LogP contribution in [-0.2, 0) is 39.4 Å². The van der Waals surface area contributed by atoms with Gasteiger partial charge in [-0.05, 0) is 68.3 Å². The molecule has 12 heteroatoms. The van der Waals surface area contributed by atoms with Gasteiger partial charge in [-0.1, -0.05) is 53.0 Å². The first-order valence-electron chi connectivity index (χ1n) is 16.4. The quantitative estimate of drug-likeness (QED) is 0.207. The van der Waals surface area contributed by atoms with Crippen LogP contribution in [0.5, 0.6) is 0 Å². The highest BCUT2D eigenvalue weighted by Gasteiger charge is 2.66. The molecule has 3 aromatic rings. The number of hydrogen-bond donors (Lipinski definition) is 1. The maximum Gasteiger partial charge on any atom is 0.264 e. The Hall–Kier alpha value is -2.93. The van der Waals surface area contributed by atoms with Crippen LogP contribution >= 0.6 is 15.9 Å². The van der Waals surface area contributed by atoms with Crippen LogP contribution in [0.4, 0.5) is 15.5 Å². The van der Waals surface area contributed by atoms with Gasteiger partial charge < -0.3 is 23.8 Å². The third-order valence-electron chi connectivity index (χ3n) is 9.91. The number of carbonyl (C=O) groups is 2. The number of ether oxygens (including phenoxy) is 1. The smallest absolute Gasteiger partial charge is 0.264 e. The van der Waals surface area contributed by atoms with Gasteiger partial charge >= 0.3 is 0 Å². The molecule has 0 bridgehead atoms. The first-order chi connectivity index (χ1) is 22.0. The summed E-state index contributed by atoms with van der Waals surface area (Å²) in [5, 5.41) is 17.5. The molecule has 1 N–H and O–H groups in total. The van der Waals surface area contributed by atoms with E-state index in [0.29, 0.717) is 44.6 Å². The van der Waals surface area contributed by atoms with Gasteiger partial charge in [0.05, 0.1) is 24.0 Å². The van der Waals surface area contributed by atoms with Gasteiger partial charge in [0.15, 0.2) is 5.60 Å². The summed E-state index contributed by atoms with van der Waals surface area (Å²) >= 11 is 3.61. The molecular formula is C34H43BrFN5O4Si. The monoisotopic (exact) mass is 711 g/mol. The van der Waals surface area contributed by atoms with Gasteiger partial charge in [0.2, 0.25) is 14.3 Å². The van der Waals surface area contributed by atoms with Crippen molar-refractivity contribution in [3.8, 4) is 0 Å². The number of aryl methyl sites for hydroxylation is 1. The fraction of sp³-hybridized carbons (Fsp3) is 0.529. The molecule has 2 fully saturated rings. The van der Waals surface area contributed by atoms with E-state index in [-0.39, 0.29) is 18.4 Å². The lowest BCUT2D eigenvalue weighted by atomic mass is 9.82. The van der Waals surface area contributed by atoms with Gasteiger partial charge in [-0.2, -0.15) is 0 Å². The number of carbonyl (C=O) groups excluding carboxylic acids is 2. The Morgan fingerprint density at radius 3 is 2.72 bits per heavy atom. The largest absolute Gasteiger partial charge is 0.396 e. The Bertz CT molecular complexity index is 1600. The van der Waals surface area contributed by atoms with Crippen LogP contribution in [0.1, 0.15) is 62.3 Å². The van der Waals surface area contributed by atoms with Crippen molar-refractivity contribution in [1.82, 2.24) is 15.0 Å². The lowest BCUT2D eigenvalue weighted by Crippen LogP contribution is -2.45. The van der Waals surface area contributed by atoms with Gasteiger partial charge in [-0.3, -0.25) is 14.3 Å². The summed E-state index contributed by atoms with van der Waals surface area (Å²) in [5.41, 5.74) is 2.22. The Morgan fingerprint density at radius 1 is 1.13 bits per heavy atom. The molecule has 4 atom stereocenters. The Morgan fingerprint density at radius 2 is 1.93 bits per heavy atom. The molecule has 2 aromatic carbocycles. The highest BCUT2D eigenvalue weighted by molar-refractivity contribution is 9.10. The van der Waals surface area contributed by atoms with Crippen LogP contribution in [0, 0.1) is 5.92 Å². The normalized spacial score (nSPS) is 25.3. The first-order valence-corrected chi connectivity index (χ1v) is 20.2. The molecule has 3 aliphatic rings. The fourth-order valence-corrected chi connectivity index (χ4v) is 10.7. The van der Waals surface area contributed by atoms with Crippen molar-refractivity contribution in [3.63, 3.8) is 0 Å². The van der Waals surface area contributed by atoms with Crippen molar-refractivity contribution < 1.29 is 23.5 Å². The number of nitrogens with zero attached hydrogens (tertiary/aromatic N) is 5. The maximum atomic E-state index is 16.2. The van der Waals surface area contributed by atoms with E-state index in [9.17, 15) is 14.7 Å². The number of amides is 2. The number of hydrogen-bond acceptors (Lipinski definition) is 6. The molecule has 3 aliphatic heterocycles. The Labute approximate surface area is 279 Å². The van der Waals surface area contributed by atoms with Crippen LogP contribution in [0.25, 0.3) is 0 Å². The predicted octanol–water partition coefficient (Wildman–Crippen LogP) is 6.28. The summed E-state index contributed by atoms with van der Waals surface area (Å²) in [6, 6.07) is 13.7. The minimum Gasteiger partial charge on any atom is -0.396 e. The molecule has 9 nitrogen and oxygen atoms in total. The zero-order chi connectivity index (χ0) is 32.6. The molecule has 6 rings (SSSR count). The molecule has 1 aromatic heterocycles. The maximum absolute atomic E-state index is 16.2. The highest BCUT2D eigenvalue weighted by Crippen LogP contribution is 2.60. The number of aliphatic hydroxyl groups excluding tert-OH is 1. The number of aromatic nitrogens is 3. The summed E-state index contributed by atoms with van der Waals surface area (Å²) in [5.74, 6) is -0.444. The molecule has 1 spiro atoms. The van der Waals surface area contributed by atoms with E-state index >= 15 is 4.11 Å². The summed E-state index contributed by atoms with van der Waals surface area (Å²) in [6.45, 7) is 6.82. The van der Waals surface area contributed by atoms with E-state index in [1.807, 2.05) is 54.3 Å². The van der Waals surface area contributed by atoms with Crippen molar-refractivity contribution in [3.05, 3.63) is 70.0 Å². The topological polar surface area (TPSA) is 101 Å². The second kappa shape index (κ2) is 13.3. The minimum atomic E-state index is -3.31. The summed E-state index contributed by atoms with van der Waals surface area (Å²) in [6.07, 6.45) is 6.82. The van der Waals surface area contributed by atoms with Crippen molar-refractivity contribution in [2.45, 2.75) is 95.3 Å². The van der Waals surface area contributed by atoms with E-state index in [4.69, 9.17) is 4.74 Å². The molecule has 0 saturated carbocycles. The zero-order valence-electron chi connectivity index (χ0n) is 26.8. The van der Waals surface area contributed by atoms with Gasteiger partial charge in [0.25, 0.3) is 5.91 Å². The van der Waals surface area contributed by atoms with Crippen LogP contribution in [0.2, 0.25) is 18.6 Å². The minimum absolute atomic E-state index is 0.0115. The number of rotatable bonds is 9. The lowest BCUT2D eigenvalue weighted by Gasteiger charge is -2.31. The van der Waals surface area contributed by atoms with Gasteiger partial charge in [-0.15, -0.1) is 5.10 Å². The van der Waals surface area contributed by atoms with E-state index in [1.54, 1.807) is 28.9 Å². The predicted molar refractivity (Wildman–Crippen MR) is 181 cm³/mol. The Balaban J connectivity index is 1.31. The number of anilines is 2. The number of aliphatic hydroxyl groups is 1. The third kappa shape index (κ3) is 6.21. The molecule has 4 heterocycles. The van der Waals surface area contributed by atoms with Gasteiger partial charge in [0.1, 0.15) is 0 Å². The molecule has 2 amide bonds. The van der Waals surface area contributed by atoms with Crippen LogP contribution < -0.4 is 9.80 Å². The second-order valence-corrected chi connectivity index (χ2v) is 18.1. The molecule has 0 radical (unpaired) electrons. The third-order valence-corrected chi connectivity index (χ3v) is 12.9. The summed E-state index contributed by atoms with van der Waals surface area (Å²) in [7, 11) is -3.31. The number of fused-ring (bicyclic) bond motifs is 2. The molecule has 0 aliphatic carbocycles. The standard InChI is InChI=1S/C34H43BrFN5O4Si/c1-23-32(46(2,3)36)30(14-17-39-22-26(15-18-42)37-38-39)45-34(23)28-20-25(35)12-13-29(28)41(33(34)44)21-24-9-8-10-27(19-24)40-16-7-5-4-6-11-31(40)43/h8-10,12-13,19-20,22-23,30,32,42H,4-7,11,14-18,21H2,1-3H3/t23-,30+,32-,34+/m0/s1. The zero-order valence-corrected chi connectivity index (χ0v) is 29.4. The first kappa shape index (κ1) is 33.0. The van der Waals surface area contributed by atoms with Crippen LogP contribution in [0.15, 0.2) is 53.1 Å². The molecular weight excluding hydrogens is 669 g/mol.